The van der Waals surface area contributed by atoms with Gasteiger partial charge in [-0.25, -0.2) is 9.38 Å². The lowest BCUT2D eigenvalue weighted by Crippen LogP contribution is -2.38. The van der Waals surface area contributed by atoms with E-state index in [0.717, 1.165) is 63.9 Å². The lowest BCUT2D eigenvalue weighted by molar-refractivity contribution is 0.0888. The summed E-state index contributed by atoms with van der Waals surface area (Å²) in [6.07, 6.45) is 2.01. The number of rotatable bonds is 11. The Balaban J connectivity index is 0.00000392. The summed E-state index contributed by atoms with van der Waals surface area (Å²) in [6, 6.07) is 5.01. The van der Waals surface area contributed by atoms with Gasteiger partial charge in [-0.05, 0) is 37.5 Å². The molecular weight excluding hydrogens is 476 g/mol. The van der Waals surface area contributed by atoms with Crippen LogP contribution in [0.25, 0.3) is 0 Å². The number of guanidine groups is 1. The van der Waals surface area contributed by atoms with Gasteiger partial charge in [-0.1, -0.05) is 6.07 Å². The van der Waals surface area contributed by atoms with Crippen molar-refractivity contribution in [3.8, 4) is 0 Å². The van der Waals surface area contributed by atoms with Gasteiger partial charge in [0, 0.05) is 44.9 Å². The fraction of sp³-hybridized carbons (Fsp3) is 0.650. The maximum atomic E-state index is 13.7. The third kappa shape index (κ3) is 9.49. The van der Waals surface area contributed by atoms with Crippen LogP contribution in [-0.2, 0) is 27.4 Å². The first-order valence-electron chi connectivity index (χ1n) is 9.66. The van der Waals surface area contributed by atoms with Crippen LogP contribution in [0.3, 0.4) is 0 Å². The molecular formula is C20H33FIN3O3. The molecule has 1 heterocycles. The van der Waals surface area contributed by atoms with E-state index in [1.165, 1.54) is 6.07 Å². The van der Waals surface area contributed by atoms with E-state index >= 15 is 0 Å². The molecule has 0 aromatic heterocycles. The van der Waals surface area contributed by atoms with E-state index in [9.17, 15) is 4.39 Å². The highest BCUT2D eigenvalue weighted by Gasteiger charge is 2.15. The summed E-state index contributed by atoms with van der Waals surface area (Å²) in [6.45, 7) is 7.51. The number of methoxy groups -OCH3 is 1. The van der Waals surface area contributed by atoms with Gasteiger partial charge in [-0.3, -0.25) is 0 Å². The molecule has 1 fully saturated rings. The zero-order valence-corrected chi connectivity index (χ0v) is 19.2. The molecule has 1 aromatic rings. The highest BCUT2D eigenvalue weighted by molar-refractivity contribution is 14.0. The number of nitrogens with zero attached hydrogens (tertiary/aromatic N) is 1. The molecule has 1 aliphatic heterocycles. The minimum Gasteiger partial charge on any atom is -0.381 e. The van der Waals surface area contributed by atoms with E-state index in [-0.39, 0.29) is 36.4 Å². The summed E-state index contributed by atoms with van der Waals surface area (Å²) in [4.78, 5) is 4.57. The Morgan fingerprint density at radius 3 is 2.93 bits per heavy atom. The second-order valence-electron chi connectivity index (χ2n) is 6.64. The van der Waals surface area contributed by atoms with Crippen LogP contribution in [-0.4, -0.2) is 52.6 Å². The molecule has 6 nitrogen and oxygen atoms in total. The number of hydrogen-bond donors (Lipinski definition) is 2. The maximum absolute atomic E-state index is 13.7. The van der Waals surface area contributed by atoms with Crippen molar-refractivity contribution in [2.75, 3.05) is 46.6 Å². The Hall–Kier alpha value is -0.970. The van der Waals surface area contributed by atoms with E-state index in [4.69, 9.17) is 14.2 Å². The number of halogens is 2. The summed E-state index contributed by atoms with van der Waals surface area (Å²) >= 11 is 0. The van der Waals surface area contributed by atoms with Crippen molar-refractivity contribution in [3.63, 3.8) is 0 Å². The van der Waals surface area contributed by atoms with Gasteiger partial charge in [0.25, 0.3) is 0 Å². The van der Waals surface area contributed by atoms with Crippen molar-refractivity contribution in [3.05, 3.63) is 35.1 Å². The molecule has 8 heteroatoms. The number of benzene rings is 1. The van der Waals surface area contributed by atoms with Gasteiger partial charge in [0.2, 0.25) is 0 Å². The highest BCUT2D eigenvalue weighted by Crippen LogP contribution is 2.13. The van der Waals surface area contributed by atoms with Crippen molar-refractivity contribution in [1.82, 2.24) is 10.6 Å². The molecule has 1 aliphatic rings. The smallest absolute Gasteiger partial charge is 0.191 e. The quantitative estimate of drug-likeness (QED) is 0.208. The molecule has 0 amide bonds. The zero-order chi connectivity index (χ0) is 19.3. The molecule has 0 spiro atoms. The van der Waals surface area contributed by atoms with Gasteiger partial charge in [-0.2, -0.15) is 0 Å². The molecule has 160 valence electrons. The SMILES string of the molecule is CCNC(=NCc1ccc(F)c(COC)c1)NCCCOCC1CCOC1.I. The summed E-state index contributed by atoms with van der Waals surface area (Å²) in [5.74, 6) is 1.05. The van der Waals surface area contributed by atoms with Crippen LogP contribution in [0.5, 0.6) is 0 Å². The monoisotopic (exact) mass is 509 g/mol. The minimum atomic E-state index is -0.251. The van der Waals surface area contributed by atoms with Crippen LogP contribution in [0.2, 0.25) is 0 Å². The fourth-order valence-corrected chi connectivity index (χ4v) is 2.85. The van der Waals surface area contributed by atoms with Crippen molar-refractivity contribution in [2.45, 2.75) is 32.9 Å². The lowest BCUT2D eigenvalue weighted by atomic mass is 10.1. The normalized spacial score (nSPS) is 16.7. The van der Waals surface area contributed by atoms with Crippen molar-refractivity contribution >= 4 is 29.9 Å². The maximum Gasteiger partial charge on any atom is 0.191 e. The predicted octanol–water partition coefficient (Wildman–Crippen LogP) is 3.09. The van der Waals surface area contributed by atoms with Crippen molar-refractivity contribution in [1.29, 1.82) is 0 Å². The highest BCUT2D eigenvalue weighted by atomic mass is 127. The summed E-state index contributed by atoms with van der Waals surface area (Å²) in [5.41, 5.74) is 1.50. The van der Waals surface area contributed by atoms with Crippen LogP contribution in [0.1, 0.15) is 30.9 Å². The van der Waals surface area contributed by atoms with Crippen LogP contribution < -0.4 is 10.6 Å². The topological polar surface area (TPSA) is 64.1 Å². The van der Waals surface area contributed by atoms with E-state index < -0.39 is 0 Å². The third-order valence-corrected chi connectivity index (χ3v) is 4.31. The molecule has 0 radical (unpaired) electrons. The van der Waals surface area contributed by atoms with Gasteiger partial charge in [0.15, 0.2) is 5.96 Å². The average molecular weight is 509 g/mol. The van der Waals surface area contributed by atoms with Crippen LogP contribution in [0, 0.1) is 11.7 Å². The van der Waals surface area contributed by atoms with Gasteiger partial charge in [0.05, 0.1) is 26.4 Å². The van der Waals surface area contributed by atoms with Gasteiger partial charge in [0.1, 0.15) is 5.82 Å². The molecule has 0 saturated carbocycles. The number of aliphatic imine (C=N–C) groups is 1. The molecule has 0 aliphatic carbocycles. The Bertz CT molecular complexity index is 584. The molecule has 2 N–H and O–H groups in total. The predicted molar refractivity (Wildman–Crippen MR) is 120 cm³/mol. The third-order valence-electron chi connectivity index (χ3n) is 4.31. The number of ether oxygens (including phenoxy) is 3. The summed E-state index contributed by atoms with van der Waals surface area (Å²) in [5, 5.41) is 6.53. The molecule has 28 heavy (non-hydrogen) atoms. The average Bonchev–Trinajstić information content (AvgIpc) is 3.18. The van der Waals surface area contributed by atoms with E-state index in [1.54, 1.807) is 19.2 Å². The number of hydrogen-bond acceptors (Lipinski definition) is 4. The van der Waals surface area contributed by atoms with Crippen molar-refractivity contribution in [2.24, 2.45) is 10.9 Å². The molecule has 1 unspecified atom stereocenters. The van der Waals surface area contributed by atoms with Crippen LogP contribution in [0.15, 0.2) is 23.2 Å². The number of nitrogens with one attached hydrogen (secondary N) is 2. The van der Waals surface area contributed by atoms with Crippen molar-refractivity contribution < 1.29 is 18.6 Å². The second kappa shape index (κ2) is 14.9. The molecule has 1 aromatic carbocycles. The Morgan fingerprint density at radius 2 is 2.21 bits per heavy atom. The van der Waals surface area contributed by atoms with E-state index in [0.29, 0.717) is 18.0 Å². The van der Waals surface area contributed by atoms with Crippen LogP contribution in [0.4, 0.5) is 4.39 Å². The second-order valence-corrected chi connectivity index (χ2v) is 6.64. The molecule has 0 bridgehead atoms. The lowest BCUT2D eigenvalue weighted by Gasteiger charge is -2.12. The van der Waals surface area contributed by atoms with Crippen LogP contribution >= 0.6 is 24.0 Å². The first-order valence-corrected chi connectivity index (χ1v) is 9.66. The molecule has 1 saturated heterocycles. The Labute approximate surface area is 184 Å². The van der Waals surface area contributed by atoms with Gasteiger partial charge in [-0.15, -0.1) is 24.0 Å². The standard InChI is InChI=1S/C20H32FN3O3.HI/c1-3-22-20(23-8-4-9-26-13-17-7-10-27-14-17)24-12-16-5-6-19(21)18(11-16)15-25-2;/h5-6,11,17H,3-4,7-10,12-15H2,1-2H3,(H2,22,23,24);1H. The van der Waals surface area contributed by atoms with Gasteiger partial charge >= 0.3 is 0 Å². The minimum absolute atomic E-state index is 0. The molecule has 1 atom stereocenters. The van der Waals surface area contributed by atoms with E-state index in [1.807, 2.05) is 6.92 Å². The largest absolute Gasteiger partial charge is 0.381 e. The van der Waals surface area contributed by atoms with E-state index in [2.05, 4.69) is 15.6 Å². The van der Waals surface area contributed by atoms with Gasteiger partial charge < -0.3 is 24.8 Å². The first-order chi connectivity index (χ1) is 13.2. The summed E-state index contributed by atoms with van der Waals surface area (Å²) in [7, 11) is 1.56. The Morgan fingerprint density at radius 1 is 1.36 bits per heavy atom. The Kier molecular flexibility index (Phi) is 13.4. The zero-order valence-electron chi connectivity index (χ0n) is 16.8. The fourth-order valence-electron chi connectivity index (χ4n) is 2.85. The first kappa shape index (κ1) is 25.1. The molecule has 2 rings (SSSR count). The summed E-state index contributed by atoms with van der Waals surface area (Å²) < 4.78 is 29.8.